The van der Waals surface area contributed by atoms with Gasteiger partial charge < -0.3 is 4.74 Å². The molecular weight excluding hydrogens is 362 g/mol. The number of benzene rings is 3. The molecule has 0 aromatic heterocycles. The molecule has 142 valence electrons. The highest BCUT2D eigenvalue weighted by Gasteiger charge is 2.28. The maximum atomic E-state index is 13.9. The topological polar surface area (TPSA) is 43.4 Å². The van der Waals surface area contributed by atoms with E-state index in [1.54, 1.807) is 48.5 Å². The lowest BCUT2D eigenvalue weighted by atomic mass is 9.98. The van der Waals surface area contributed by atoms with E-state index < -0.39 is 35.1 Å². The zero-order chi connectivity index (χ0) is 20.3. The summed E-state index contributed by atoms with van der Waals surface area (Å²) in [4.78, 5) is 25.5. The summed E-state index contributed by atoms with van der Waals surface area (Å²) in [6.45, 7) is 3.78. The maximum Gasteiger partial charge on any atom is 0.342 e. The van der Waals surface area contributed by atoms with Gasteiger partial charge in [0.15, 0.2) is 6.10 Å². The van der Waals surface area contributed by atoms with Gasteiger partial charge in [-0.15, -0.1) is 0 Å². The van der Waals surface area contributed by atoms with Gasteiger partial charge in [0.1, 0.15) is 11.6 Å². The molecule has 3 aromatic carbocycles. The molecule has 0 aliphatic rings. The first-order chi connectivity index (χ1) is 13.3. The van der Waals surface area contributed by atoms with Crippen LogP contribution in [-0.2, 0) is 4.74 Å². The normalized spacial score (nSPS) is 11.7. The van der Waals surface area contributed by atoms with Gasteiger partial charge in [-0.25, -0.2) is 13.6 Å². The van der Waals surface area contributed by atoms with E-state index in [4.69, 9.17) is 4.74 Å². The fourth-order valence-electron chi connectivity index (χ4n) is 2.71. The molecule has 3 nitrogen and oxygen atoms in total. The quantitative estimate of drug-likeness (QED) is 0.442. The van der Waals surface area contributed by atoms with Gasteiger partial charge in [0, 0.05) is 17.2 Å². The molecule has 0 aliphatic heterocycles. The Labute approximate surface area is 161 Å². The number of esters is 1. The molecule has 3 aromatic rings. The summed E-state index contributed by atoms with van der Waals surface area (Å²) in [6.07, 6.45) is -1.25. The molecule has 0 fully saturated rings. The molecule has 0 spiro atoms. The van der Waals surface area contributed by atoms with Crippen LogP contribution < -0.4 is 0 Å². The molecule has 28 heavy (non-hydrogen) atoms. The molecule has 5 heteroatoms. The number of carbonyl (C=O) groups excluding carboxylic acids is 2. The number of aryl methyl sites for hydroxylation is 2. The first-order valence-corrected chi connectivity index (χ1v) is 8.68. The average Bonchev–Trinajstić information content (AvgIpc) is 2.67. The number of ketones is 1. The summed E-state index contributed by atoms with van der Waals surface area (Å²) in [5, 5.41) is 0. The first-order valence-electron chi connectivity index (χ1n) is 8.68. The van der Waals surface area contributed by atoms with E-state index in [0.717, 1.165) is 23.3 Å². The molecule has 0 radical (unpaired) electrons. The van der Waals surface area contributed by atoms with E-state index in [1.807, 2.05) is 13.8 Å². The molecule has 0 N–H and O–H groups in total. The lowest BCUT2D eigenvalue weighted by Gasteiger charge is -2.18. The van der Waals surface area contributed by atoms with E-state index in [9.17, 15) is 18.4 Å². The number of hydrogen-bond donors (Lipinski definition) is 0. The zero-order valence-electron chi connectivity index (χ0n) is 15.4. The van der Waals surface area contributed by atoms with E-state index >= 15 is 0 Å². The van der Waals surface area contributed by atoms with Crippen LogP contribution in [0.3, 0.4) is 0 Å². The Kier molecular flexibility index (Phi) is 5.64. The molecular formula is C23H18F2O3. The summed E-state index contributed by atoms with van der Waals surface area (Å²) in [7, 11) is 0. The molecule has 1 atom stereocenters. The number of rotatable bonds is 5. The molecule has 0 saturated carbocycles. The van der Waals surface area contributed by atoms with Crippen LogP contribution in [0.1, 0.15) is 43.5 Å². The molecule has 0 saturated heterocycles. The third kappa shape index (κ3) is 4.31. The second kappa shape index (κ2) is 8.13. The van der Waals surface area contributed by atoms with Crippen molar-refractivity contribution in [3.8, 4) is 0 Å². The monoisotopic (exact) mass is 380 g/mol. The third-order valence-electron chi connectivity index (χ3n) is 4.33. The Morgan fingerprint density at radius 2 is 1.39 bits per heavy atom. The van der Waals surface area contributed by atoms with Crippen molar-refractivity contribution in [1.29, 1.82) is 0 Å². The van der Waals surface area contributed by atoms with Crippen LogP contribution >= 0.6 is 0 Å². The third-order valence-corrected chi connectivity index (χ3v) is 4.33. The van der Waals surface area contributed by atoms with E-state index in [2.05, 4.69) is 0 Å². The first kappa shape index (κ1) is 19.4. The van der Waals surface area contributed by atoms with Crippen molar-refractivity contribution in [3.05, 3.63) is 106 Å². The maximum absolute atomic E-state index is 13.9. The van der Waals surface area contributed by atoms with Crippen molar-refractivity contribution in [1.82, 2.24) is 0 Å². The van der Waals surface area contributed by atoms with Gasteiger partial charge in [-0.2, -0.15) is 0 Å². The number of hydrogen-bond acceptors (Lipinski definition) is 3. The zero-order valence-corrected chi connectivity index (χ0v) is 15.4. The highest BCUT2D eigenvalue weighted by Crippen LogP contribution is 2.25. The highest BCUT2D eigenvalue weighted by molar-refractivity contribution is 6.02. The van der Waals surface area contributed by atoms with Crippen LogP contribution in [0.25, 0.3) is 0 Å². The van der Waals surface area contributed by atoms with E-state index in [-0.39, 0.29) is 0 Å². The Morgan fingerprint density at radius 3 is 1.96 bits per heavy atom. The summed E-state index contributed by atoms with van der Waals surface area (Å²) < 4.78 is 32.4. The number of Topliss-reactive ketones (excluding diaryl/α,β-unsaturated/α-hetero) is 1. The standard InChI is InChI=1S/C23H18F2O3/c1-14-3-7-16(8-4-14)21(26)22(17-9-5-15(2)6-10-17)28-23(27)19-12-11-18(24)13-20(19)25/h3-13,22H,1-2H3. The Balaban J connectivity index is 1.96. The summed E-state index contributed by atoms with van der Waals surface area (Å²) in [6, 6.07) is 16.3. The van der Waals surface area contributed by atoms with Gasteiger partial charge in [-0.3, -0.25) is 4.79 Å². The van der Waals surface area contributed by atoms with Gasteiger partial charge in [-0.1, -0.05) is 59.7 Å². The number of carbonyl (C=O) groups is 2. The van der Waals surface area contributed by atoms with Crippen molar-refractivity contribution in [2.75, 3.05) is 0 Å². The van der Waals surface area contributed by atoms with Crippen LogP contribution in [0, 0.1) is 25.5 Å². The molecule has 1 unspecified atom stereocenters. The van der Waals surface area contributed by atoms with Gasteiger partial charge in [-0.05, 0) is 26.0 Å². The van der Waals surface area contributed by atoms with Crippen LogP contribution in [-0.4, -0.2) is 11.8 Å². The second-order valence-corrected chi connectivity index (χ2v) is 6.55. The van der Waals surface area contributed by atoms with Gasteiger partial charge in [0.2, 0.25) is 5.78 Å². The van der Waals surface area contributed by atoms with Crippen LogP contribution in [0.2, 0.25) is 0 Å². The number of ether oxygens (including phenoxy) is 1. The lowest BCUT2D eigenvalue weighted by molar-refractivity contribution is 0.0275. The van der Waals surface area contributed by atoms with Crippen molar-refractivity contribution in [2.24, 2.45) is 0 Å². The predicted molar refractivity (Wildman–Crippen MR) is 101 cm³/mol. The van der Waals surface area contributed by atoms with Crippen LogP contribution in [0.4, 0.5) is 8.78 Å². The smallest absolute Gasteiger partial charge is 0.342 e. The molecule has 0 heterocycles. The van der Waals surface area contributed by atoms with Crippen molar-refractivity contribution < 1.29 is 23.1 Å². The SMILES string of the molecule is Cc1ccc(C(=O)C(OC(=O)c2ccc(F)cc2F)c2ccc(C)cc2)cc1. The minimum atomic E-state index is -1.25. The van der Waals surface area contributed by atoms with Crippen molar-refractivity contribution in [3.63, 3.8) is 0 Å². The van der Waals surface area contributed by atoms with Crippen molar-refractivity contribution >= 4 is 11.8 Å². The van der Waals surface area contributed by atoms with Crippen LogP contribution in [0.15, 0.2) is 66.7 Å². The Hall–Kier alpha value is -3.34. The van der Waals surface area contributed by atoms with Crippen LogP contribution in [0.5, 0.6) is 0 Å². The van der Waals surface area contributed by atoms with Gasteiger partial charge in [0.05, 0.1) is 5.56 Å². The highest BCUT2D eigenvalue weighted by atomic mass is 19.1. The number of halogens is 2. The molecule has 0 aliphatic carbocycles. The largest absolute Gasteiger partial charge is 0.445 e. The van der Waals surface area contributed by atoms with Gasteiger partial charge in [0.25, 0.3) is 0 Å². The molecule has 0 amide bonds. The fourth-order valence-corrected chi connectivity index (χ4v) is 2.71. The minimum Gasteiger partial charge on any atom is -0.445 e. The Morgan fingerprint density at radius 1 is 0.821 bits per heavy atom. The lowest BCUT2D eigenvalue weighted by Crippen LogP contribution is -2.21. The minimum absolute atomic E-state index is 0.364. The second-order valence-electron chi connectivity index (χ2n) is 6.55. The Bertz CT molecular complexity index is 1010. The predicted octanol–water partition coefficient (Wildman–Crippen LogP) is 5.36. The summed E-state index contributed by atoms with van der Waals surface area (Å²) in [5.41, 5.74) is 2.35. The molecule has 3 rings (SSSR count). The molecule has 0 bridgehead atoms. The fraction of sp³-hybridized carbons (Fsp3) is 0.130. The summed E-state index contributed by atoms with van der Waals surface area (Å²) in [5.74, 6) is -3.32. The van der Waals surface area contributed by atoms with E-state index in [1.165, 1.54) is 0 Å². The van der Waals surface area contributed by atoms with Gasteiger partial charge >= 0.3 is 5.97 Å². The summed E-state index contributed by atoms with van der Waals surface area (Å²) >= 11 is 0. The average molecular weight is 380 g/mol. The van der Waals surface area contributed by atoms with E-state index in [0.29, 0.717) is 17.2 Å². The van der Waals surface area contributed by atoms with Crippen molar-refractivity contribution in [2.45, 2.75) is 20.0 Å².